The van der Waals surface area contributed by atoms with Gasteiger partial charge in [-0.2, -0.15) is 0 Å². The summed E-state index contributed by atoms with van der Waals surface area (Å²) in [6, 6.07) is 0.875. The molecule has 0 saturated heterocycles. The van der Waals surface area contributed by atoms with E-state index < -0.39 is 0 Å². The van der Waals surface area contributed by atoms with Gasteiger partial charge in [0.2, 0.25) is 0 Å². The molecular formula is C13H30N2O. The van der Waals surface area contributed by atoms with E-state index in [0.29, 0.717) is 18.0 Å². The molecule has 0 aliphatic heterocycles. The summed E-state index contributed by atoms with van der Waals surface area (Å²) in [4.78, 5) is 4.48. The van der Waals surface area contributed by atoms with E-state index in [1.807, 2.05) is 6.92 Å². The minimum Gasteiger partial charge on any atom is -0.393 e. The van der Waals surface area contributed by atoms with Crippen molar-refractivity contribution in [1.82, 2.24) is 9.80 Å². The van der Waals surface area contributed by atoms with Gasteiger partial charge in [0.15, 0.2) is 0 Å². The first kappa shape index (κ1) is 15.9. The van der Waals surface area contributed by atoms with E-state index in [4.69, 9.17) is 0 Å². The third-order valence-electron chi connectivity index (χ3n) is 3.61. The molecule has 0 spiro atoms. The van der Waals surface area contributed by atoms with Crippen LogP contribution in [0.15, 0.2) is 0 Å². The Balaban J connectivity index is 4.95. The zero-order valence-electron chi connectivity index (χ0n) is 12.1. The lowest BCUT2D eigenvalue weighted by Gasteiger charge is -2.41. The molecule has 3 unspecified atom stereocenters. The topological polar surface area (TPSA) is 26.7 Å². The van der Waals surface area contributed by atoms with Crippen molar-refractivity contribution in [2.24, 2.45) is 5.92 Å². The van der Waals surface area contributed by atoms with Crippen LogP contribution in [-0.2, 0) is 0 Å². The molecule has 3 atom stereocenters. The molecule has 0 aromatic heterocycles. The summed E-state index contributed by atoms with van der Waals surface area (Å²) in [6.07, 6.45) is 1.89. The van der Waals surface area contributed by atoms with Crippen molar-refractivity contribution in [3.8, 4) is 0 Å². The van der Waals surface area contributed by atoms with E-state index in [1.165, 1.54) is 0 Å². The second-order valence-electron chi connectivity index (χ2n) is 5.20. The maximum Gasteiger partial charge on any atom is 0.0570 e. The summed E-state index contributed by atoms with van der Waals surface area (Å²) in [5, 5.41) is 10.1. The second kappa shape index (κ2) is 7.25. The van der Waals surface area contributed by atoms with Gasteiger partial charge in [0.05, 0.1) is 6.10 Å². The first-order valence-corrected chi connectivity index (χ1v) is 6.37. The van der Waals surface area contributed by atoms with Crippen LogP contribution >= 0.6 is 0 Å². The molecule has 98 valence electrons. The number of aliphatic hydroxyl groups excluding tert-OH is 1. The van der Waals surface area contributed by atoms with Crippen LogP contribution in [0.2, 0.25) is 0 Å². The van der Waals surface area contributed by atoms with E-state index >= 15 is 0 Å². The molecule has 0 saturated carbocycles. The number of nitrogens with zero attached hydrogens (tertiary/aromatic N) is 2. The Kier molecular flexibility index (Phi) is 7.20. The first-order valence-electron chi connectivity index (χ1n) is 6.37. The highest BCUT2D eigenvalue weighted by atomic mass is 16.3. The number of hydrogen-bond donors (Lipinski definition) is 1. The molecule has 0 aromatic carbocycles. The van der Waals surface area contributed by atoms with Crippen LogP contribution in [0.1, 0.15) is 33.6 Å². The normalized spacial score (nSPS) is 19.9. The van der Waals surface area contributed by atoms with Gasteiger partial charge in [-0.3, -0.25) is 0 Å². The van der Waals surface area contributed by atoms with Gasteiger partial charge in [-0.05, 0) is 48.0 Å². The molecule has 1 N–H and O–H groups in total. The van der Waals surface area contributed by atoms with Crippen molar-refractivity contribution >= 4 is 0 Å². The zero-order valence-corrected chi connectivity index (χ0v) is 12.1. The molecule has 0 aliphatic carbocycles. The SMILES string of the molecule is CCC(C(C(C)O)C(CC)N(C)C)N(C)C. The van der Waals surface area contributed by atoms with Gasteiger partial charge in [-0.1, -0.05) is 13.8 Å². The van der Waals surface area contributed by atoms with Crippen LogP contribution in [0.5, 0.6) is 0 Å². The molecule has 0 radical (unpaired) electrons. The monoisotopic (exact) mass is 230 g/mol. The van der Waals surface area contributed by atoms with Gasteiger partial charge < -0.3 is 14.9 Å². The maximum atomic E-state index is 10.1. The Labute approximate surface area is 101 Å². The van der Waals surface area contributed by atoms with Crippen molar-refractivity contribution in [2.75, 3.05) is 28.2 Å². The van der Waals surface area contributed by atoms with E-state index in [9.17, 15) is 5.11 Å². The summed E-state index contributed by atoms with van der Waals surface area (Å²) in [6.45, 7) is 6.31. The highest BCUT2D eigenvalue weighted by Gasteiger charge is 2.33. The predicted molar refractivity (Wildman–Crippen MR) is 70.7 cm³/mol. The van der Waals surface area contributed by atoms with Crippen molar-refractivity contribution < 1.29 is 5.11 Å². The summed E-state index contributed by atoms with van der Waals surface area (Å²) < 4.78 is 0. The molecule has 0 heterocycles. The second-order valence-corrected chi connectivity index (χ2v) is 5.20. The molecule has 0 aliphatic rings. The van der Waals surface area contributed by atoms with E-state index in [2.05, 4.69) is 51.8 Å². The summed E-state index contributed by atoms with van der Waals surface area (Å²) in [5.41, 5.74) is 0. The van der Waals surface area contributed by atoms with Gasteiger partial charge in [0.1, 0.15) is 0 Å². The minimum atomic E-state index is -0.264. The van der Waals surface area contributed by atoms with Crippen molar-refractivity contribution in [1.29, 1.82) is 0 Å². The number of hydrogen-bond acceptors (Lipinski definition) is 3. The van der Waals surface area contributed by atoms with Crippen molar-refractivity contribution in [3.63, 3.8) is 0 Å². The Morgan fingerprint density at radius 1 is 0.875 bits per heavy atom. The van der Waals surface area contributed by atoms with E-state index in [0.717, 1.165) is 12.8 Å². The third kappa shape index (κ3) is 4.04. The quantitative estimate of drug-likeness (QED) is 0.720. The van der Waals surface area contributed by atoms with Crippen LogP contribution in [-0.4, -0.2) is 61.3 Å². The minimum absolute atomic E-state index is 0.264. The molecule has 0 amide bonds. The lowest BCUT2D eigenvalue weighted by Crippen LogP contribution is -2.50. The van der Waals surface area contributed by atoms with Gasteiger partial charge >= 0.3 is 0 Å². The van der Waals surface area contributed by atoms with Crippen LogP contribution in [0, 0.1) is 5.92 Å². The third-order valence-corrected chi connectivity index (χ3v) is 3.61. The molecule has 0 bridgehead atoms. The van der Waals surface area contributed by atoms with Gasteiger partial charge in [-0.15, -0.1) is 0 Å². The van der Waals surface area contributed by atoms with Gasteiger partial charge in [0.25, 0.3) is 0 Å². The van der Waals surface area contributed by atoms with Crippen LogP contribution in [0.3, 0.4) is 0 Å². The van der Waals surface area contributed by atoms with Gasteiger partial charge in [-0.25, -0.2) is 0 Å². The predicted octanol–water partition coefficient (Wildman–Crippen LogP) is 1.66. The largest absolute Gasteiger partial charge is 0.393 e. The van der Waals surface area contributed by atoms with Gasteiger partial charge in [0, 0.05) is 18.0 Å². The molecule has 16 heavy (non-hydrogen) atoms. The van der Waals surface area contributed by atoms with E-state index in [-0.39, 0.29) is 6.10 Å². The van der Waals surface area contributed by atoms with Crippen LogP contribution in [0.4, 0.5) is 0 Å². The Hall–Kier alpha value is -0.120. The lowest BCUT2D eigenvalue weighted by molar-refractivity contribution is 0.0124. The number of rotatable bonds is 7. The van der Waals surface area contributed by atoms with Crippen molar-refractivity contribution in [2.45, 2.75) is 51.8 Å². The highest BCUT2D eigenvalue weighted by molar-refractivity contribution is 4.88. The summed E-state index contributed by atoms with van der Waals surface area (Å²) in [7, 11) is 8.41. The summed E-state index contributed by atoms with van der Waals surface area (Å²) in [5.74, 6) is 0.306. The molecular weight excluding hydrogens is 200 g/mol. The summed E-state index contributed by atoms with van der Waals surface area (Å²) >= 11 is 0. The molecule has 0 aromatic rings. The molecule has 0 fully saturated rings. The van der Waals surface area contributed by atoms with E-state index in [1.54, 1.807) is 0 Å². The highest BCUT2D eigenvalue weighted by Crippen LogP contribution is 2.25. The first-order chi connectivity index (χ1) is 7.36. The van der Waals surface area contributed by atoms with Crippen LogP contribution < -0.4 is 0 Å². The van der Waals surface area contributed by atoms with Crippen molar-refractivity contribution in [3.05, 3.63) is 0 Å². The molecule has 3 heteroatoms. The lowest BCUT2D eigenvalue weighted by atomic mass is 9.83. The molecule has 0 rings (SSSR count). The Morgan fingerprint density at radius 3 is 1.31 bits per heavy atom. The zero-order chi connectivity index (χ0) is 12.9. The fourth-order valence-electron chi connectivity index (χ4n) is 2.86. The number of aliphatic hydroxyl groups is 1. The average Bonchev–Trinajstić information content (AvgIpc) is 2.16. The standard InChI is InChI=1S/C13H30N2O/c1-8-11(14(4)5)13(10(3)16)12(9-2)15(6)7/h10-13,16H,8-9H2,1-7H3. The smallest absolute Gasteiger partial charge is 0.0570 e. The average molecular weight is 230 g/mol. The Bertz CT molecular complexity index is 165. The fourth-order valence-corrected chi connectivity index (χ4v) is 2.86. The Morgan fingerprint density at radius 2 is 1.19 bits per heavy atom. The molecule has 3 nitrogen and oxygen atoms in total. The maximum absolute atomic E-state index is 10.1. The van der Waals surface area contributed by atoms with Crippen LogP contribution in [0.25, 0.3) is 0 Å². The fraction of sp³-hybridized carbons (Fsp3) is 1.00.